The van der Waals surface area contributed by atoms with Gasteiger partial charge in [0.1, 0.15) is 0 Å². The predicted octanol–water partition coefficient (Wildman–Crippen LogP) is 2.75. The molecule has 1 aromatic heterocycles. The first-order valence-corrected chi connectivity index (χ1v) is 5.46. The number of nitrogens with zero attached hydrogens (tertiary/aromatic N) is 1. The van der Waals surface area contributed by atoms with Crippen molar-refractivity contribution in [3.63, 3.8) is 0 Å². The van der Waals surface area contributed by atoms with E-state index in [-0.39, 0.29) is 0 Å². The van der Waals surface area contributed by atoms with Crippen LogP contribution in [-0.2, 0) is 0 Å². The number of rotatable bonds is 3. The van der Waals surface area contributed by atoms with Gasteiger partial charge in [-0.1, -0.05) is 12.8 Å². The Balaban J connectivity index is 1.74. The van der Waals surface area contributed by atoms with Crippen molar-refractivity contribution in [2.24, 2.45) is 5.92 Å². The lowest BCUT2D eigenvalue weighted by Crippen LogP contribution is -2.10. The van der Waals surface area contributed by atoms with Crippen LogP contribution in [0.1, 0.15) is 25.7 Å². The molecule has 0 unspecified atom stereocenters. The lowest BCUT2D eigenvalue weighted by molar-refractivity contribution is 0.579. The van der Waals surface area contributed by atoms with Crippen LogP contribution in [0.5, 0.6) is 0 Å². The van der Waals surface area contributed by atoms with Crippen molar-refractivity contribution in [1.29, 1.82) is 0 Å². The molecule has 1 fully saturated rings. The lowest BCUT2D eigenvalue weighted by Gasteiger charge is -2.08. The standard InChI is InChI=1S/C9H14N2S/c1-2-4-8(3-1)7-11-9-10-5-6-12-9/h5-6,8H,1-4,7H2,(H,10,11). The second-order valence-electron chi connectivity index (χ2n) is 3.37. The minimum atomic E-state index is 0.897. The summed E-state index contributed by atoms with van der Waals surface area (Å²) >= 11 is 1.68. The van der Waals surface area contributed by atoms with Gasteiger partial charge < -0.3 is 5.32 Å². The van der Waals surface area contributed by atoms with Crippen molar-refractivity contribution in [1.82, 2.24) is 4.98 Å². The van der Waals surface area contributed by atoms with Crippen molar-refractivity contribution >= 4 is 16.5 Å². The molecule has 0 spiro atoms. The topological polar surface area (TPSA) is 24.9 Å². The first kappa shape index (κ1) is 8.05. The van der Waals surface area contributed by atoms with Crippen LogP contribution in [-0.4, -0.2) is 11.5 Å². The minimum absolute atomic E-state index is 0.897. The maximum absolute atomic E-state index is 4.18. The van der Waals surface area contributed by atoms with Gasteiger partial charge in [0.05, 0.1) is 0 Å². The second kappa shape index (κ2) is 3.90. The van der Waals surface area contributed by atoms with E-state index in [1.54, 1.807) is 11.3 Å². The maximum Gasteiger partial charge on any atom is 0.182 e. The summed E-state index contributed by atoms with van der Waals surface area (Å²) in [6.07, 6.45) is 7.49. The summed E-state index contributed by atoms with van der Waals surface area (Å²) in [7, 11) is 0. The van der Waals surface area contributed by atoms with Gasteiger partial charge in [-0.2, -0.15) is 0 Å². The SMILES string of the molecule is c1csc(NCC2CCCC2)n1. The molecule has 0 saturated heterocycles. The Labute approximate surface area is 77.0 Å². The fourth-order valence-electron chi connectivity index (χ4n) is 1.76. The molecule has 12 heavy (non-hydrogen) atoms. The number of hydrogen-bond acceptors (Lipinski definition) is 3. The third kappa shape index (κ3) is 1.97. The highest BCUT2D eigenvalue weighted by Gasteiger charge is 2.14. The van der Waals surface area contributed by atoms with Crippen molar-refractivity contribution in [2.75, 3.05) is 11.9 Å². The van der Waals surface area contributed by atoms with Gasteiger partial charge in [0.25, 0.3) is 0 Å². The van der Waals surface area contributed by atoms with Crippen LogP contribution < -0.4 is 5.32 Å². The highest BCUT2D eigenvalue weighted by Crippen LogP contribution is 2.25. The van der Waals surface area contributed by atoms with Gasteiger partial charge in [-0.3, -0.25) is 0 Å². The van der Waals surface area contributed by atoms with Gasteiger partial charge in [-0.05, 0) is 18.8 Å². The summed E-state index contributed by atoms with van der Waals surface area (Å²) in [5.74, 6) is 0.897. The largest absolute Gasteiger partial charge is 0.361 e. The smallest absolute Gasteiger partial charge is 0.182 e. The van der Waals surface area contributed by atoms with Crippen LogP contribution in [0.2, 0.25) is 0 Å². The molecule has 1 N–H and O–H groups in total. The Morgan fingerprint density at radius 3 is 3.00 bits per heavy atom. The molecule has 1 saturated carbocycles. The number of thiazole rings is 1. The molecular weight excluding hydrogens is 168 g/mol. The molecular formula is C9H14N2S. The summed E-state index contributed by atoms with van der Waals surface area (Å²) in [6, 6.07) is 0. The van der Waals surface area contributed by atoms with Gasteiger partial charge in [-0.15, -0.1) is 11.3 Å². The van der Waals surface area contributed by atoms with E-state index < -0.39 is 0 Å². The van der Waals surface area contributed by atoms with E-state index in [0.29, 0.717) is 0 Å². The van der Waals surface area contributed by atoms with Gasteiger partial charge in [0.2, 0.25) is 0 Å². The fraction of sp³-hybridized carbons (Fsp3) is 0.667. The Bertz CT molecular complexity index is 214. The van der Waals surface area contributed by atoms with Crippen molar-refractivity contribution < 1.29 is 0 Å². The zero-order chi connectivity index (χ0) is 8.23. The highest BCUT2D eigenvalue weighted by atomic mass is 32.1. The molecule has 1 aliphatic carbocycles. The Morgan fingerprint density at radius 1 is 1.50 bits per heavy atom. The molecule has 3 heteroatoms. The second-order valence-corrected chi connectivity index (χ2v) is 4.26. The molecule has 66 valence electrons. The van der Waals surface area contributed by atoms with Crippen LogP contribution in [0.15, 0.2) is 11.6 Å². The third-order valence-electron chi connectivity index (χ3n) is 2.45. The molecule has 1 aliphatic rings. The van der Waals surface area contributed by atoms with Crippen LogP contribution in [0.25, 0.3) is 0 Å². The van der Waals surface area contributed by atoms with E-state index in [0.717, 1.165) is 17.6 Å². The number of anilines is 1. The summed E-state index contributed by atoms with van der Waals surface area (Å²) < 4.78 is 0. The van der Waals surface area contributed by atoms with Crippen LogP contribution in [0, 0.1) is 5.92 Å². The maximum atomic E-state index is 4.18. The van der Waals surface area contributed by atoms with Gasteiger partial charge in [-0.25, -0.2) is 4.98 Å². The monoisotopic (exact) mass is 182 g/mol. The quantitative estimate of drug-likeness (QED) is 0.777. The molecule has 0 amide bonds. The molecule has 2 nitrogen and oxygen atoms in total. The Kier molecular flexibility index (Phi) is 2.61. The molecule has 1 heterocycles. The zero-order valence-corrected chi connectivity index (χ0v) is 7.94. The molecule has 0 radical (unpaired) electrons. The van der Waals surface area contributed by atoms with E-state index in [2.05, 4.69) is 10.3 Å². The zero-order valence-electron chi connectivity index (χ0n) is 7.12. The summed E-state index contributed by atoms with van der Waals surface area (Å²) in [5.41, 5.74) is 0. The van der Waals surface area contributed by atoms with Crippen LogP contribution in [0.3, 0.4) is 0 Å². The fourth-order valence-corrected chi connectivity index (χ4v) is 2.30. The molecule has 0 atom stereocenters. The van der Waals surface area contributed by atoms with Gasteiger partial charge in [0.15, 0.2) is 5.13 Å². The third-order valence-corrected chi connectivity index (χ3v) is 3.18. The van der Waals surface area contributed by atoms with Crippen molar-refractivity contribution in [3.05, 3.63) is 11.6 Å². The van der Waals surface area contributed by atoms with Crippen molar-refractivity contribution in [2.45, 2.75) is 25.7 Å². The highest BCUT2D eigenvalue weighted by molar-refractivity contribution is 7.13. The van der Waals surface area contributed by atoms with Gasteiger partial charge >= 0.3 is 0 Å². The van der Waals surface area contributed by atoms with Crippen LogP contribution in [0.4, 0.5) is 5.13 Å². The van der Waals surface area contributed by atoms with E-state index in [1.165, 1.54) is 25.7 Å². The molecule has 0 bridgehead atoms. The van der Waals surface area contributed by atoms with Gasteiger partial charge in [0, 0.05) is 18.1 Å². The molecule has 0 aliphatic heterocycles. The van der Waals surface area contributed by atoms with E-state index in [9.17, 15) is 0 Å². The van der Waals surface area contributed by atoms with E-state index in [1.807, 2.05) is 11.6 Å². The predicted molar refractivity (Wildman–Crippen MR) is 52.6 cm³/mol. The lowest BCUT2D eigenvalue weighted by atomic mass is 10.1. The molecule has 0 aromatic carbocycles. The molecule has 2 rings (SSSR count). The first-order chi connectivity index (χ1) is 5.95. The summed E-state index contributed by atoms with van der Waals surface area (Å²) in [6.45, 7) is 1.12. The number of aromatic nitrogens is 1. The van der Waals surface area contributed by atoms with E-state index >= 15 is 0 Å². The average molecular weight is 182 g/mol. The van der Waals surface area contributed by atoms with Crippen molar-refractivity contribution in [3.8, 4) is 0 Å². The van der Waals surface area contributed by atoms with E-state index in [4.69, 9.17) is 0 Å². The Morgan fingerprint density at radius 2 is 2.33 bits per heavy atom. The minimum Gasteiger partial charge on any atom is -0.361 e. The summed E-state index contributed by atoms with van der Waals surface area (Å²) in [5, 5.41) is 6.46. The number of hydrogen-bond donors (Lipinski definition) is 1. The first-order valence-electron chi connectivity index (χ1n) is 4.58. The van der Waals surface area contributed by atoms with Crippen LogP contribution >= 0.6 is 11.3 Å². The summed E-state index contributed by atoms with van der Waals surface area (Å²) in [4.78, 5) is 4.18. The average Bonchev–Trinajstić information content (AvgIpc) is 2.74. The Hall–Kier alpha value is -0.570. The number of nitrogens with one attached hydrogen (secondary N) is 1. The normalized spacial score (nSPS) is 18.3. The molecule has 1 aromatic rings.